The molecular formula is C11H12O2S. The van der Waals surface area contributed by atoms with Crippen LogP contribution in [0, 0.1) is 12.3 Å². The number of hydrogen-bond acceptors (Lipinski definition) is 2. The van der Waals surface area contributed by atoms with Gasteiger partial charge in [-0.2, -0.15) is 0 Å². The summed E-state index contributed by atoms with van der Waals surface area (Å²) in [7, 11) is -3.14. The van der Waals surface area contributed by atoms with Crippen LogP contribution in [0.15, 0.2) is 29.2 Å². The lowest BCUT2D eigenvalue weighted by Gasteiger charge is -2.02. The highest BCUT2D eigenvalue weighted by molar-refractivity contribution is 7.91. The van der Waals surface area contributed by atoms with Crippen molar-refractivity contribution in [3.05, 3.63) is 29.8 Å². The molecule has 0 amide bonds. The molecule has 0 radical (unpaired) electrons. The third-order valence-corrected chi connectivity index (χ3v) is 3.75. The zero-order valence-corrected chi connectivity index (χ0v) is 8.84. The van der Waals surface area contributed by atoms with E-state index in [0.29, 0.717) is 16.9 Å². The Morgan fingerprint density at radius 1 is 1.43 bits per heavy atom. The molecule has 0 saturated carbocycles. The normalized spacial score (nSPS) is 10.9. The van der Waals surface area contributed by atoms with Crippen LogP contribution in [0.4, 0.5) is 0 Å². The van der Waals surface area contributed by atoms with Gasteiger partial charge in [-0.25, -0.2) is 8.42 Å². The molecule has 1 aromatic carbocycles. The second-order valence-corrected chi connectivity index (χ2v) is 5.10. The molecule has 1 rings (SSSR count). The van der Waals surface area contributed by atoms with Crippen LogP contribution in [0.1, 0.15) is 18.9 Å². The molecule has 14 heavy (non-hydrogen) atoms. The van der Waals surface area contributed by atoms with Crippen molar-refractivity contribution in [2.75, 3.05) is 5.75 Å². The molecule has 0 saturated heterocycles. The van der Waals surface area contributed by atoms with Crippen molar-refractivity contribution in [2.45, 2.75) is 18.2 Å². The van der Waals surface area contributed by atoms with Crippen LogP contribution in [0.25, 0.3) is 0 Å². The molecule has 1 aromatic rings. The fourth-order valence-corrected chi connectivity index (χ4v) is 2.53. The summed E-state index contributed by atoms with van der Waals surface area (Å²) in [5.74, 6) is 2.58. The molecule has 0 bridgehead atoms. The van der Waals surface area contributed by atoms with Gasteiger partial charge in [0.2, 0.25) is 0 Å². The van der Waals surface area contributed by atoms with E-state index >= 15 is 0 Å². The Labute approximate surface area is 84.9 Å². The van der Waals surface area contributed by atoms with E-state index in [9.17, 15) is 8.42 Å². The average molecular weight is 208 g/mol. The first-order chi connectivity index (χ1) is 6.60. The van der Waals surface area contributed by atoms with E-state index in [-0.39, 0.29) is 5.75 Å². The van der Waals surface area contributed by atoms with E-state index in [1.807, 2.05) is 6.92 Å². The maximum absolute atomic E-state index is 11.6. The third-order valence-electron chi connectivity index (χ3n) is 1.83. The first-order valence-electron chi connectivity index (χ1n) is 4.39. The number of rotatable bonds is 3. The summed E-state index contributed by atoms with van der Waals surface area (Å²) in [4.78, 5) is 0.315. The van der Waals surface area contributed by atoms with Gasteiger partial charge in [0.1, 0.15) is 0 Å². The lowest BCUT2D eigenvalue weighted by molar-refractivity contribution is 0.594. The fourth-order valence-electron chi connectivity index (χ4n) is 1.17. The van der Waals surface area contributed by atoms with Gasteiger partial charge < -0.3 is 0 Å². The molecule has 0 N–H and O–H groups in total. The van der Waals surface area contributed by atoms with Crippen LogP contribution in [0.3, 0.4) is 0 Å². The average Bonchev–Trinajstić information content (AvgIpc) is 2.18. The minimum Gasteiger partial charge on any atom is -0.224 e. The van der Waals surface area contributed by atoms with Gasteiger partial charge in [-0.3, -0.25) is 0 Å². The largest absolute Gasteiger partial charge is 0.224 e. The summed E-state index contributed by atoms with van der Waals surface area (Å²) in [5, 5.41) is 0. The van der Waals surface area contributed by atoms with Crippen LogP contribution in [-0.2, 0) is 9.84 Å². The molecule has 0 spiro atoms. The van der Waals surface area contributed by atoms with Gasteiger partial charge in [-0.15, -0.1) is 6.42 Å². The van der Waals surface area contributed by atoms with Gasteiger partial charge >= 0.3 is 0 Å². The van der Waals surface area contributed by atoms with Crippen LogP contribution in [-0.4, -0.2) is 14.2 Å². The van der Waals surface area contributed by atoms with Crippen LogP contribution < -0.4 is 0 Å². The summed E-state index contributed by atoms with van der Waals surface area (Å²) in [6.07, 6.45) is 5.80. The highest BCUT2D eigenvalue weighted by Gasteiger charge is 2.12. The van der Waals surface area contributed by atoms with Crippen LogP contribution >= 0.6 is 0 Å². The first kappa shape index (κ1) is 10.8. The SMILES string of the molecule is C#Cc1cccc(S(=O)(=O)CCC)c1. The van der Waals surface area contributed by atoms with Gasteiger partial charge in [0.25, 0.3) is 0 Å². The molecule has 74 valence electrons. The van der Waals surface area contributed by atoms with Crippen LogP contribution in [0.5, 0.6) is 0 Å². The summed E-state index contributed by atoms with van der Waals surface area (Å²) in [6, 6.07) is 6.49. The zero-order valence-electron chi connectivity index (χ0n) is 8.03. The fraction of sp³-hybridized carbons (Fsp3) is 0.273. The lowest BCUT2D eigenvalue weighted by Crippen LogP contribution is -2.05. The van der Waals surface area contributed by atoms with Crippen molar-refractivity contribution in [1.82, 2.24) is 0 Å². The van der Waals surface area contributed by atoms with E-state index in [1.54, 1.807) is 18.2 Å². The molecule has 3 heteroatoms. The van der Waals surface area contributed by atoms with E-state index in [4.69, 9.17) is 6.42 Å². The Bertz CT molecular complexity index is 452. The van der Waals surface area contributed by atoms with Gasteiger partial charge in [0, 0.05) is 5.56 Å². The van der Waals surface area contributed by atoms with Gasteiger partial charge in [-0.05, 0) is 24.6 Å². The Hall–Kier alpha value is -1.27. The van der Waals surface area contributed by atoms with E-state index in [0.717, 1.165) is 0 Å². The van der Waals surface area contributed by atoms with Crippen molar-refractivity contribution in [3.63, 3.8) is 0 Å². The van der Waals surface area contributed by atoms with Gasteiger partial charge in [-0.1, -0.05) is 18.9 Å². The summed E-state index contributed by atoms with van der Waals surface area (Å²) >= 11 is 0. The Morgan fingerprint density at radius 2 is 2.14 bits per heavy atom. The molecule has 0 aliphatic heterocycles. The van der Waals surface area contributed by atoms with Crippen molar-refractivity contribution >= 4 is 9.84 Å². The van der Waals surface area contributed by atoms with E-state index in [1.165, 1.54) is 6.07 Å². The molecule has 0 aromatic heterocycles. The first-order valence-corrected chi connectivity index (χ1v) is 6.05. The third kappa shape index (κ3) is 2.36. The summed E-state index contributed by atoms with van der Waals surface area (Å²) in [6.45, 7) is 1.84. The van der Waals surface area contributed by atoms with Crippen molar-refractivity contribution < 1.29 is 8.42 Å². The van der Waals surface area contributed by atoms with Crippen molar-refractivity contribution in [2.24, 2.45) is 0 Å². The van der Waals surface area contributed by atoms with Crippen LogP contribution in [0.2, 0.25) is 0 Å². The minimum absolute atomic E-state index is 0.168. The van der Waals surface area contributed by atoms with Crippen molar-refractivity contribution in [1.29, 1.82) is 0 Å². The minimum atomic E-state index is -3.14. The van der Waals surface area contributed by atoms with E-state index < -0.39 is 9.84 Å². The molecule has 2 nitrogen and oxygen atoms in total. The van der Waals surface area contributed by atoms with E-state index in [2.05, 4.69) is 5.92 Å². The van der Waals surface area contributed by atoms with Gasteiger partial charge in [0.15, 0.2) is 9.84 Å². The summed E-state index contributed by atoms with van der Waals surface area (Å²) < 4.78 is 23.3. The Kier molecular flexibility index (Phi) is 3.32. The maximum Gasteiger partial charge on any atom is 0.178 e. The highest BCUT2D eigenvalue weighted by Crippen LogP contribution is 2.13. The quantitative estimate of drug-likeness (QED) is 0.710. The molecule has 0 aliphatic rings. The van der Waals surface area contributed by atoms with Crippen molar-refractivity contribution in [3.8, 4) is 12.3 Å². The number of terminal acetylenes is 1. The highest BCUT2D eigenvalue weighted by atomic mass is 32.2. The second kappa shape index (κ2) is 4.30. The molecule has 0 aliphatic carbocycles. The molecule has 0 atom stereocenters. The predicted octanol–water partition coefficient (Wildman–Crippen LogP) is 1.85. The topological polar surface area (TPSA) is 34.1 Å². The standard InChI is InChI=1S/C11H12O2S/c1-3-8-14(12,13)11-7-5-6-10(4-2)9-11/h2,5-7,9H,3,8H2,1H3. The predicted molar refractivity (Wildman–Crippen MR) is 56.7 cm³/mol. The number of hydrogen-bond donors (Lipinski definition) is 0. The second-order valence-electron chi connectivity index (χ2n) is 2.99. The Balaban J connectivity index is 3.15. The lowest BCUT2D eigenvalue weighted by atomic mass is 10.2. The number of sulfone groups is 1. The smallest absolute Gasteiger partial charge is 0.178 e. The Morgan fingerprint density at radius 3 is 2.71 bits per heavy atom. The number of benzene rings is 1. The van der Waals surface area contributed by atoms with Gasteiger partial charge in [0.05, 0.1) is 10.6 Å². The maximum atomic E-state index is 11.6. The monoisotopic (exact) mass is 208 g/mol. The molecular weight excluding hydrogens is 196 g/mol. The zero-order chi connectivity index (χ0) is 10.6. The molecule has 0 fully saturated rings. The summed E-state index contributed by atoms with van der Waals surface area (Å²) in [5.41, 5.74) is 0.599. The molecule has 0 heterocycles. The molecule has 0 unspecified atom stereocenters.